The zero-order valence-corrected chi connectivity index (χ0v) is 10.8. The van der Waals surface area contributed by atoms with Crippen LogP contribution in [0.3, 0.4) is 0 Å². The molecule has 0 radical (unpaired) electrons. The third-order valence-corrected chi connectivity index (χ3v) is 3.40. The third kappa shape index (κ3) is 4.43. The second-order valence-corrected chi connectivity index (χ2v) is 4.41. The lowest BCUT2D eigenvalue weighted by Crippen LogP contribution is -2.41. The largest absolute Gasteiger partial charge is 0.317 e. The molecule has 0 aliphatic heterocycles. The molecule has 0 spiro atoms. The molecular weight excluding hydrogens is 172 g/mol. The standard InChI is InChI=1S/C12H28N2/c1-7-12(8-2)14(6)11(4)9-10(3)13-5/h10-13H,7-9H2,1-6H3. The summed E-state index contributed by atoms with van der Waals surface area (Å²) in [5, 5.41) is 3.30. The van der Waals surface area contributed by atoms with Crippen molar-refractivity contribution < 1.29 is 0 Å². The zero-order chi connectivity index (χ0) is 11.1. The normalized spacial score (nSPS) is 16.3. The van der Waals surface area contributed by atoms with Crippen LogP contribution >= 0.6 is 0 Å². The van der Waals surface area contributed by atoms with Gasteiger partial charge >= 0.3 is 0 Å². The highest BCUT2D eigenvalue weighted by Gasteiger charge is 2.17. The molecule has 0 aromatic carbocycles. The van der Waals surface area contributed by atoms with Crippen molar-refractivity contribution in [1.82, 2.24) is 10.2 Å². The molecule has 0 saturated heterocycles. The van der Waals surface area contributed by atoms with Gasteiger partial charge in [0.25, 0.3) is 0 Å². The van der Waals surface area contributed by atoms with Gasteiger partial charge in [-0.2, -0.15) is 0 Å². The molecule has 0 fully saturated rings. The highest BCUT2D eigenvalue weighted by atomic mass is 15.2. The van der Waals surface area contributed by atoms with Crippen LogP contribution in [0.15, 0.2) is 0 Å². The Morgan fingerprint density at radius 1 is 1.14 bits per heavy atom. The van der Waals surface area contributed by atoms with Crippen LogP contribution in [-0.4, -0.2) is 37.1 Å². The first kappa shape index (κ1) is 13.9. The summed E-state index contributed by atoms with van der Waals surface area (Å²) in [5.74, 6) is 0. The van der Waals surface area contributed by atoms with Crippen LogP contribution in [0.4, 0.5) is 0 Å². The summed E-state index contributed by atoms with van der Waals surface area (Å²) in [6.07, 6.45) is 3.74. The van der Waals surface area contributed by atoms with Gasteiger partial charge in [-0.25, -0.2) is 0 Å². The Morgan fingerprint density at radius 2 is 1.64 bits per heavy atom. The summed E-state index contributed by atoms with van der Waals surface area (Å²) in [6, 6.07) is 2.03. The molecule has 0 bridgehead atoms. The fraction of sp³-hybridized carbons (Fsp3) is 1.00. The van der Waals surface area contributed by atoms with Gasteiger partial charge in [0.2, 0.25) is 0 Å². The smallest absolute Gasteiger partial charge is 0.00897 e. The Balaban J connectivity index is 4.02. The number of nitrogens with one attached hydrogen (secondary N) is 1. The van der Waals surface area contributed by atoms with Gasteiger partial charge in [-0.05, 0) is 47.2 Å². The molecule has 0 aliphatic carbocycles. The fourth-order valence-electron chi connectivity index (χ4n) is 2.02. The van der Waals surface area contributed by atoms with Crippen LogP contribution in [0.5, 0.6) is 0 Å². The number of nitrogens with zero attached hydrogens (tertiary/aromatic N) is 1. The van der Waals surface area contributed by atoms with Crippen molar-refractivity contribution in [2.45, 2.75) is 65.1 Å². The lowest BCUT2D eigenvalue weighted by Gasteiger charge is -2.33. The van der Waals surface area contributed by atoms with Gasteiger partial charge in [0.05, 0.1) is 0 Å². The van der Waals surface area contributed by atoms with Gasteiger partial charge < -0.3 is 10.2 Å². The van der Waals surface area contributed by atoms with E-state index in [0.29, 0.717) is 12.1 Å². The Morgan fingerprint density at radius 3 is 2.00 bits per heavy atom. The lowest BCUT2D eigenvalue weighted by atomic mass is 10.0. The van der Waals surface area contributed by atoms with Crippen LogP contribution in [0.25, 0.3) is 0 Å². The summed E-state index contributed by atoms with van der Waals surface area (Å²) < 4.78 is 0. The van der Waals surface area contributed by atoms with Gasteiger partial charge in [0, 0.05) is 18.1 Å². The van der Waals surface area contributed by atoms with E-state index in [0.717, 1.165) is 6.04 Å². The highest BCUT2D eigenvalue weighted by molar-refractivity contribution is 4.75. The van der Waals surface area contributed by atoms with Gasteiger partial charge in [-0.3, -0.25) is 0 Å². The van der Waals surface area contributed by atoms with E-state index in [9.17, 15) is 0 Å². The van der Waals surface area contributed by atoms with E-state index in [-0.39, 0.29) is 0 Å². The molecular formula is C12H28N2. The van der Waals surface area contributed by atoms with Gasteiger partial charge in [0.1, 0.15) is 0 Å². The molecule has 2 heteroatoms. The molecule has 2 nitrogen and oxygen atoms in total. The lowest BCUT2D eigenvalue weighted by molar-refractivity contribution is 0.159. The molecule has 0 heterocycles. The van der Waals surface area contributed by atoms with E-state index >= 15 is 0 Å². The zero-order valence-electron chi connectivity index (χ0n) is 10.8. The number of rotatable bonds is 7. The Kier molecular flexibility index (Phi) is 7.20. The minimum Gasteiger partial charge on any atom is -0.317 e. The minimum absolute atomic E-state index is 0.613. The first-order valence-corrected chi connectivity index (χ1v) is 5.95. The molecule has 14 heavy (non-hydrogen) atoms. The highest BCUT2D eigenvalue weighted by Crippen LogP contribution is 2.13. The average Bonchev–Trinajstić information content (AvgIpc) is 2.19. The number of hydrogen-bond donors (Lipinski definition) is 1. The molecule has 0 rings (SSSR count). The van der Waals surface area contributed by atoms with E-state index in [1.165, 1.54) is 19.3 Å². The topological polar surface area (TPSA) is 15.3 Å². The summed E-state index contributed by atoms with van der Waals surface area (Å²) in [6.45, 7) is 9.13. The van der Waals surface area contributed by atoms with E-state index in [1.54, 1.807) is 0 Å². The molecule has 0 amide bonds. The monoisotopic (exact) mass is 200 g/mol. The minimum atomic E-state index is 0.613. The summed E-state index contributed by atoms with van der Waals surface area (Å²) in [5.41, 5.74) is 0. The van der Waals surface area contributed by atoms with Gasteiger partial charge in [-0.1, -0.05) is 13.8 Å². The van der Waals surface area contributed by atoms with Gasteiger partial charge in [-0.15, -0.1) is 0 Å². The Bertz CT molecular complexity index is 132. The van der Waals surface area contributed by atoms with Crippen molar-refractivity contribution in [3.05, 3.63) is 0 Å². The molecule has 1 N–H and O–H groups in total. The summed E-state index contributed by atoms with van der Waals surface area (Å²) >= 11 is 0. The molecule has 0 aromatic heterocycles. The maximum absolute atomic E-state index is 3.30. The predicted octanol–water partition coefficient (Wildman–Crippen LogP) is 2.49. The van der Waals surface area contributed by atoms with Gasteiger partial charge in [0.15, 0.2) is 0 Å². The second-order valence-electron chi connectivity index (χ2n) is 4.41. The Hall–Kier alpha value is -0.0800. The van der Waals surface area contributed by atoms with Crippen molar-refractivity contribution in [2.24, 2.45) is 0 Å². The summed E-state index contributed by atoms with van der Waals surface area (Å²) in [7, 11) is 4.29. The fourth-order valence-corrected chi connectivity index (χ4v) is 2.02. The molecule has 2 unspecified atom stereocenters. The maximum atomic E-state index is 3.30. The summed E-state index contributed by atoms with van der Waals surface area (Å²) in [4.78, 5) is 2.52. The SMILES string of the molecule is CCC(CC)N(C)C(C)CC(C)NC. The maximum Gasteiger partial charge on any atom is 0.00897 e. The van der Waals surface area contributed by atoms with Crippen LogP contribution in [-0.2, 0) is 0 Å². The van der Waals surface area contributed by atoms with E-state index < -0.39 is 0 Å². The first-order chi connectivity index (χ1) is 6.56. The first-order valence-electron chi connectivity index (χ1n) is 5.95. The van der Waals surface area contributed by atoms with Crippen molar-refractivity contribution in [2.75, 3.05) is 14.1 Å². The van der Waals surface area contributed by atoms with Crippen LogP contribution < -0.4 is 5.32 Å². The molecule has 0 saturated carbocycles. The van der Waals surface area contributed by atoms with Crippen molar-refractivity contribution >= 4 is 0 Å². The molecule has 86 valence electrons. The molecule has 2 atom stereocenters. The second kappa shape index (κ2) is 7.24. The molecule has 0 aromatic rings. The van der Waals surface area contributed by atoms with E-state index in [2.05, 4.69) is 45.0 Å². The molecule has 0 aliphatic rings. The average molecular weight is 200 g/mol. The van der Waals surface area contributed by atoms with Crippen LogP contribution in [0, 0.1) is 0 Å². The Labute approximate surface area is 90.1 Å². The van der Waals surface area contributed by atoms with E-state index in [4.69, 9.17) is 0 Å². The van der Waals surface area contributed by atoms with Crippen molar-refractivity contribution in [1.29, 1.82) is 0 Å². The van der Waals surface area contributed by atoms with E-state index in [1.807, 2.05) is 7.05 Å². The van der Waals surface area contributed by atoms with Crippen molar-refractivity contribution in [3.8, 4) is 0 Å². The predicted molar refractivity (Wildman–Crippen MR) is 64.7 cm³/mol. The van der Waals surface area contributed by atoms with Crippen LogP contribution in [0.1, 0.15) is 47.0 Å². The quantitative estimate of drug-likeness (QED) is 0.679. The van der Waals surface area contributed by atoms with Crippen molar-refractivity contribution in [3.63, 3.8) is 0 Å². The number of hydrogen-bond acceptors (Lipinski definition) is 2. The third-order valence-electron chi connectivity index (χ3n) is 3.40. The van der Waals surface area contributed by atoms with Crippen LogP contribution in [0.2, 0.25) is 0 Å².